The number of fused-ring (bicyclic) bond motifs is 1. The van der Waals surface area contributed by atoms with Gasteiger partial charge in [-0.25, -0.2) is 13.1 Å². The first kappa shape index (κ1) is 18.7. The maximum absolute atomic E-state index is 12.8. The molecule has 26 heavy (non-hydrogen) atoms. The third-order valence-electron chi connectivity index (χ3n) is 3.88. The monoisotopic (exact) mass is 439 g/mol. The molecule has 0 aliphatic carbocycles. The molecule has 0 saturated heterocycles. The van der Waals surface area contributed by atoms with Crippen molar-refractivity contribution in [2.24, 2.45) is 0 Å². The zero-order valence-corrected chi connectivity index (χ0v) is 16.6. The third kappa shape index (κ3) is 3.84. The summed E-state index contributed by atoms with van der Waals surface area (Å²) in [5.74, 6) is 0.0419. The number of sulfonamides is 1. The zero-order chi connectivity index (χ0) is 18.9. The van der Waals surface area contributed by atoms with Gasteiger partial charge < -0.3 is 15.0 Å². The second-order valence-electron chi connectivity index (χ2n) is 5.96. The molecular weight excluding hydrogens is 422 g/mol. The van der Waals surface area contributed by atoms with Crippen LogP contribution >= 0.6 is 15.9 Å². The number of para-hydroxylation sites is 1. The van der Waals surface area contributed by atoms with Gasteiger partial charge in [0.25, 0.3) is 5.91 Å². The first-order valence-electron chi connectivity index (χ1n) is 7.79. The fourth-order valence-electron chi connectivity index (χ4n) is 2.63. The quantitative estimate of drug-likeness (QED) is 0.746. The van der Waals surface area contributed by atoms with Gasteiger partial charge in [-0.15, -0.1) is 0 Å². The van der Waals surface area contributed by atoms with Crippen LogP contribution in [0.3, 0.4) is 0 Å². The number of rotatable bonds is 5. The second kappa shape index (κ2) is 7.26. The highest BCUT2D eigenvalue weighted by Crippen LogP contribution is 2.35. The van der Waals surface area contributed by atoms with Crippen molar-refractivity contribution in [2.45, 2.75) is 11.4 Å². The van der Waals surface area contributed by atoms with Gasteiger partial charge in [0.2, 0.25) is 10.0 Å². The van der Waals surface area contributed by atoms with Crippen LogP contribution in [0.1, 0.15) is 5.56 Å². The van der Waals surface area contributed by atoms with Crippen molar-refractivity contribution >= 4 is 43.2 Å². The Morgan fingerprint density at radius 2 is 2.00 bits per heavy atom. The number of hydrogen-bond donors (Lipinski definition) is 2. The van der Waals surface area contributed by atoms with E-state index in [0.717, 1.165) is 11.3 Å². The highest BCUT2D eigenvalue weighted by Gasteiger charge is 2.24. The first-order valence-corrected chi connectivity index (χ1v) is 10.1. The lowest BCUT2D eigenvalue weighted by Crippen LogP contribution is -2.27. The van der Waals surface area contributed by atoms with Gasteiger partial charge in [-0.05, 0) is 33.6 Å². The van der Waals surface area contributed by atoms with Gasteiger partial charge in [-0.1, -0.05) is 18.2 Å². The molecule has 0 radical (unpaired) electrons. The van der Waals surface area contributed by atoms with E-state index in [0.29, 0.717) is 15.9 Å². The van der Waals surface area contributed by atoms with Crippen LogP contribution in [0.15, 0.2) is 45.8 Å². The van der Waals surface area contributed by atoms with Crippen LogP contribution in [0.5, 0.6) is 5.75 Å². The molecule has 0 atom stereocenters. The summed E-state index contributed by atoms with van der Waals surface area (Å²) in [5, 5.41) is 2.64. The Morgan fingerprint density at radius 1 is 1.27 bits per heavy atom. The zero-order valence-electron chi connectivity index (χ0n) is 14.2. The first-order chi connectivity index (χ1) is 12.3. The summed E-state index contributed by atoms with van der Waals surface area (Å²) in [6, 6.07) is 10.5. The lowest BCUT2D eigenvalue weighted by Gasteiger charge is -2.20. The Hall–Kier alpha value is -2.10. The summed E-state index contributed by atoms with van der Waals surface area (Å²) < 4.78 is 33.8. The highest BCUT2D eigenvalue weighted by molar-refractivity contribution is 9.10. The third-order valence-corrected chi connectivity index (χ3v) is 6.24. The highest BCUT2D eigenvalue weighted by atomic mass is 79.9. The lowest BCUT2D eigenvalue weighted by molar-refractivity contribution is -0.118. The predicted molar refractivity (Wildman–Crippen MR) is 103 cm³/mol. The number of ether oxygens (including phenoxy) is 1. The van der Waals surface area contributed by atoms with Crippen LogP contribution in [0, 0.1) is 0 Å². The minimum absolute atomic E-state index is 0.0507. The lowest BCUT2D eigenvalue weighted by atomic mass is 10.1. The fourth-order valence-corrected chi connectivity index (χ4v) is 4.70. The van der Waals surface area contributed by atoms with Crippen LogP contribution in [-0.4, -0.2) is 35.0 Å². The SMILES string of the molecule is CN(C)c1ccccc1CNS(=O)(=O)c1cc2c(cc1Br)NC(=O)CO2. The molecule has 2 N–H and O–H groups in total. The van der Waals surface area contributed by atoms with Gasteiger partial charge in [0.05, 0.1) is 5.69 Å². The summed E-state index contributed by atoms with van der Waals surface area (Å²) >= 11 is 3.26. The van der Waals surface area contributed by atoms with E-state index < -0.39 is 10.0 Å². The number of nitrogens with zero attached hydrogens (tertiary/aromatic N) is 1. The molecule has 2 aromatic rings. The van der Waals surface area contributed by atoms with E-state index in [1.165, 1.54) is 12.1 Å². The van der Waals surface area contributed by atoms with Crippen molar-refractivity contribution in [3.63, 3.8) is 0 Å². The average molecular weight is 440 g/mol. The van der Waals surface area contributed by atoms with Crippen molar-refractivity contribution in [3.05, 3.63) is 46.4 Å². The molecule has 0 bridgehead atoms. The molecule has 1 amide bonds. The van der Waals surface area contributed by atoms with Crippen LogP contribution in [-0.2, 0) is 21.4 Å². The molecule has 1 aliphatic heterocycles. The van der Waals surface area contributed by atoms with Crippen molar-refractivity contribution in [3.8, 4) is 5.75 Å². The van der Waals surface area contributed by atoms with Crippen molar-refractivity contribution in [1.82, 2.24) is 4.72 Å². The maximum Gasteiger partial charge on any atom is 0.262 e. The number of carbonyl (C=O) groups excluding carboxylic acids is 1. The van der Waals surface area contributed by atoms with Gasteiger partial charge in [0, 0.05) is 36.9 Å². The molecule has 3 rings (SSSR count). The molecular formula is C17H18BrN3O4S. The number of nitrogens with one attached hydrogen (secondary N) is 2. The van der Waals surface area contributed by atoms with Gasteiger partial charge in [-0.3, -0.25) is 4.79 Å². The van der Waals surface area contributed by atoms with E-state index in [9.17, 15) is 13.2 Å². The Labute approximate surface area is 160 Å². The Kier molecular flexibility index (Phi) is 5.22. The Morgan fingerprint density at radius 3 is 2.73 bits per heavy atom. The van der Waals surface area contributed by atoms with Crippen LogP contribution < -0.4 is 19.7 Å². The summed E-state index contributed by atoms with van der Waals surface area (Å²) in [4.78, 5) is 13.4. The second-order valence-corrected chi connectivity index (χ2v) is 8.55. The molecule has 9 heteroatoms. The minimum atomic E-state index is -3.79. The molecule has 0 saturated carbocycles. The van der Waals surface area contributed by atoms with Gasteiger partial charge >= 0.3 is 0 Å². The van der Waals surface area contributed by atoms with E-state index in [1.54, 1.807) is 0 Å². The molecule has 138 valence electrons. The normalized spacial score (nSPS) is 13.6. The number of amides is 1. The fraction of sp³-hybridized carbons (Fsp3) is 0.235. The molecule has 0 fully saturated rings. The van der Waals surface area contributed by atoms with Crippen LogP contribution in [0.4, 0.5) is 11.4 Å². The largest absolute Gasteiger partial charge is 0.482 e. The van der Waals surface area contributed by atoms with Crippen LogP contribution in [0.2, 0.25) is 0 Å². The summed E-state index contributed by atoms with van der Waals surface area (Å²) in [6.45, 7) is 0.00949. The van der Waals surface area contributed by atoms with Gasteiger partial charge in [0.1, 0.15) is 10.6 Å². The molecule has 0 aromatic heterocycles. The van der Waals surface area contributed by atoms with E-state index in [4.69, 9.17) is 4.74 Å². The predicted octanol–water partition coefficient (Wildman–Crippen LogP) is 2.32. The van der Waals surface area contributed by atoms with E-state index in [-0.39, 0.29) is 24.0 Å². The van der Waals surface area contributed by atoms with Gasteiger partial charge in [-0.2, -0.15) is 0 Å². The molecule has 2 aromatic carbocycles. The van der Waals surface area contributed by atoms with Crippen LogP contribution in [0.25, 0.3) is 0 Å². The smallest absolute Gasteiger partial charge is 0.262 e. The molecule has 0 unspecified atom stereocenters. The number of benzene rings is 2. The Bertz CT molecular complexity index is 960. The van der Waals surface area contributed by atoms with E-state index in [1.807, 2.05) is 43.3 Å². The van der Waals surface area contributed by atoms with E-state index >= 15 is 0 Å². The standard InChI is InChI=1S/C17H18BrN3O4S/c1-21(2)14-6-4-3-5-11(14)9-19-26(23,24)16-8-15-13(7-12(16)18)20-17(22)10-25-15/h3-8,19H,9-10H2,1-2H3,(H,20,22). The molecule has 7 nitrogen and oxygen atoms in total. The minimum Gasteiger partial charge on any atom is -0.482 e. The molecule has 1 aliphatic rings. The molecule has 1 heterocycles. The maximum atomic E-state index is 12.8. The Balaban J connectivity index is 1.86. The van der Waals surface area contributed by atoms with Crippen molar-refractivity contribution in [1.29, 1.82) is 0 Å². The topological polar surface area (TPSA) is 87.7 Å². The summed E-state index contributed by atoms with van der Waals surface area (Å²) in [5.41, 5.74) is 2.23. The summed E-state index contributed by atoms with van der Waals surface area (Å²) in [7, 11) is 0.0169. The van der Waals surface area contributed by atoms with Crippen molar-refractivity contribution in [2.75, 3.05) is 30.9 Å². The number of hydrogen-bond acceptors (Lipinski definition) is 5. The average Bonchev–Trinajstić information content (AvgIpc) is 2.59. The van der Waals surface area contributed by atoms with E-state index in [2.05, 4.69) is 26.0 Å². The number of anilines is 2. The van der Waals surface area contributed by atoms with Crippen molar-refractivity contribution < 1.29 is 17.9 Å². The summed E-state index contributed by atoms with van der Waals surface area (Å²) in [6.07, 6.45) is 0. The number of carbonyl (C=O) groups is 1. The van der Waals surface area contributed by atoms with Gasteiger partial charge in [0.15, 0.2) is 6.61 Å². The molecule has 0 spiro atoms. The number of halogens is 1.